The van der Waals surface area contributed by atoms with Crippen LogP contribution in [0, 0.1) is 5.92 Å². The van der Waals surface area contributed by atoms with Crippen LogP contribution < -0.4 is 20.7 Å². The molecule has 13 heteroatoms. The Kier molecular flexibility index (Phi) is 6.20. The number of sulfone groups is 1. The molecule has 0 unspecified atom stereocenters. The number of aromatic nitrogens is 3. The highest BCUT2D eigenvalue weighted by molar-refractivity contribution is 7.90. The zero-order valence-corrected chi connectivity index (χ0v) is 19.0. The second-order valence-corrected chi connectivity index (χ2v) is 9.47. The number of amides is 2. The summed E-state index contributed by atoms with van der Waals surface area (Å²) in [6.45, 7) is -0.905. The van der Waals surface area contributed by atoms with Gasteiger partial charge >= 0.3 is 0 Å². The van der Waals surface area contributed by atoms with Crippen molar-refractivity contribution in [2.45, 2.75) is 30.8 Å². The van der Waals surface area contributed by atoms with Crippen LogP contribution in [-0.4, -0.2) is 68.5 Å². The van der Waals surface area contributed by atoms with Gasteiger partial charge in [-0.25, -0.2) is 13.4 Å². The van der Waals surface area contributed by atoms with Crippen molar-refractivity contribution in [3.8, 4) is 5.75 Å². The van der Waals surface area contributed by atoms with Gasteiger partial charge in [-0.2, -0.15) is 0 Å². The van der Waals surface area contributed by atoms with E-state index in [0.717, 1.165) is 19.1 Å². The summed E-state index contributed by atoms with van der Waals surface area (Å²) in [5.74, 6) is -1.56. The van der Waals surface area contributed by atoms with Crippen molar-refractivity contribution in [1.29, 1.82) is 0 Å². The lowest BCUT2D eigenvalue weighted by molar-refractivity contribution is -0.117. The molecule has 2 heterocycles. The molecule has 1 fully saturated rings. The van der Waals surface area contributed by atoms with Gasteiger partial charge in [0.25, 0.3) is 5.91 Å². The maximum atomic E-state index is 12.6. The highest BCUT2D eigenvalue weighted by atomic mass is 32.2. The molecule has 3 N–H and O–H groups in total. The van der Waals surface area contributed by atoms with E-state index in [1.165, 1.54) is 25.4 Å². The van der Waals surface area contributed by atoms with Gasteiger partial charge in [0, 0.05) is 42.5 Å². The summed E-state index contributed by atoms with van der Waals surface area (Å²) in [5, 5.41) is 14.6. The van der Waals surface area contributed by atoms with Crippen LogP contribution >= 0.6 is 0 Å². The zero-order valence-electron chi connectivity index (χ0n) is 21.2. The van der Waals surface area contributed by atoms with E-state index in [1.807, 2.05) is 0 Å². The topological polar surface area (TPSA) is 162 Å². The molecular formula is C20H26N6O6S. The number of rotatable bonds is 10. The molecule has 1 aliphatic carbocycles. The highest BCUT2D eigenvalue weighted by Crippen LogP contribution is 2.31. The largest absolute Gasteiger partial charge is 0.489 e. The lowest BCUT2D eigenvalue weighted by atomic mass is 10.2. The first-order chi connectivity index (χ1) is 16.8. The number of carbonyl (C=O) groups is 2. The second-order valence-electron chi connectivity index (χ2n) is 7.48. The van der Waals surface area contributed by atoms with E-state index in [4.69, 9.17) is 13.6 Å². The third-order valence-corrected chi connectivity index (χ3v) is 5.80. The summed E-state index contributed by atoms with van der Waals surface area (Å²) in [5.41, 5.74) is -0.581. The molecule has 0 spiro atoms. The van der Waals surface area contributed by atoms with Crippen molar-refractivity contribution in [3.63, 3.8) is 0 Å². The van der Waals surface area contributed by atoms with Crippen molar-refractivity contribution in [1.82, 2.24) is 20.5 Å². The number of anilines is 3. The molecule has 3 rings (SSSR count). The Morgan fingerprint density at radius 2 is 2.06 bits per heavy atom. The lowest BCUT2D eigenvalue weighted by Gasteiger charge is -2.15. The predicted octanol–water partition coefficient (Wildman–Crippen LogP) is 1.14. The summed E-state index contributed by atoms with van der Waals surface area (Å²) in [7, 11) is -2.34. The second kappa shape index (κ2) is 10.1. The number of nitrogens with one attached hydrogen (secondary N) is 3. The first-order valence-corrected chi connectivity index (χ1v) is 11.8. The van der Waals surface area contributed by atoms with Gasteiger partial charge in [-0.3, -0.25) is 9.59 Å². The third kappa shape index (κ3) is 6.35. The zero-order chi connectivity index (χ0) is 26.7. The fourth-order valence-corrected chi connectivity index (χ4v) is 3.43. The van der Waals surface area contributed by atoms with Crippen molar-refractivity contribution in [2.75, 3.05) is 37.6 Å². The SMILES string of the molecule is [2H]C([2H])([2H])NC(=O)c1nnc(NC(=O)C2CC2)cc1Nc1ncc(OC[C@@H](C)OC)cc1S(C)(=O)=O. The summed E-state index contributed by atoms with van der Waals surface area (Å²) in [4.78, 5) is 28.6. The minimum atomic E-state index is -3.85. The maximum Gasteiger partial charge on any atom is 0.273 e. The fraction of sp³-hybridized carbons (Fsp3) is 0.450. The number of pyridine rings is 1. The van der Waals surface area contributed by atoms with Gasteiger partial charge in [0.1, 0.15) is 23.1 Å². The molecule has 0 aromatic carbocycles. The molecule has 178 valence electrons. The Balaban J connectivity index is 1.98. The number of ether oxygens (including phenoxy) is 2. The smallest absolute Gasteiger partial charge is 0.273 e. The number of nitrogens with zero attached hydrogens (tertiary/aromatic N) is 3. The summed E-state index contributed by atoms with van der Waals surface area (Å²) in [6, 6.07) is 2.49. The molecule has 1 saturated carbocycles. The first-order valence-electron chi connectivity index (χ1n) is 11.4. The Bertz CT molecular complexity index is 1250. The van der Waals surface area contributed by atoms with Crippen LogP contribution in [0.3, 0.4) is 0 Å². The summed E-state index contributed by atoms with van der Waals surface area (Å²) >= 11 is 0. The molecule has 2 aromatic heterocycles. The Morgan fingerprint density at radius 1 is 1.30 bits per heavy atom. The summed E-state index contributed by atoms with van der Waals surface area (Å²) < 4.78 is 57.4. The van der Waals surface area contributed by atoms with Crippen LogP contribution in [0.15, 0.2) is 23.2 Å². The van der Waals surface area contributed by atoms with Gasteiger partial charge in [-0.1, -0.05) is 0 Å². The van der Waals surface area contributed by atoms with E-state index < -0.39 is 28.4 Å². The molecule has 0 aliphatic heterocycles. The average Bonchev–Trinajstić information content (AvgIpc) is 3.62. The van der Waals surface area contributed by atoms with Crippen LogP contribution in [0.1, 0.15) is 34.4 Å². The number of carbonyl (C=O) groups excluding carboxylic acids is 2. The predicted molar refractivity (Wildman–Crippen MR) is 119 cm³/mol. The van der Waals surface area contributed by atoms with Crippen LogP contribution in [-0.2, 0) is 19.4 Å². The maximum absolute atomic E-state index is 12.6. The molecule has 1 atom stereocenters. The summed E-state index contributed by atoms with van der Waals surface area (Å²) in [6.07, 6.45) is 3.46. The van der Waals surface area contributed by atoms with Crippen LogP contribution in [0.25, 0.3) is 0 Å². The highest BCUT2D eigenvalue weighted by Gasteiger charge is 2.30. The van der Waals surface area contributed by atoms with Crippen LogP contribution in [0.4, 0.5) is 17.3 Å². The molecule has 33 heavy (non-hydrogen) atoms. The Hall–Kier alpha value is -3.32. The quantitative estimate of drug-likeness (QED) is 0.449. The number of hydrogen-bond donors (Lipinski definition) is 3. The normalized spacial score (nSPS) is 16.0. The monoisotopic (exact) mass is 481 g/mol. The van der Waals surface area contributed by atoms with Crippen LogP contribution in [0.5, 0.6) is 5.75 Å². The van der Waals surface area contributed by atoms with Crippen molar-refractivity contribution >= 4 is 39.0 Å². The average molecular weight is 482 g/mol. The van der Waals surface area contributed by atoms with Gasteiger partial charge < -0.3 is 25.4 Å². The number of methoxy groups -OCH3 is 1. The molecule has 0 bridgehead atoms. The molecule has 12 nitrogen and oxygen atoms in total. The third-order valence-electron chi connectivity index (χ3n) is 4.69. The van der Waals surface area contributed by atoms with Crippen molar-refractivity contribution in [3.05, 3.63) is 24.0 Å². The van der Waals surface area contributed by atoms with Gasteiger partial charge in [-0.15, -0.1) is 10.2 Å². The van der Waals surface area contributed by atoms with E-state index >= 15 is 0 Å². The Morgan fingerprint density at radius 3 is 2.70 bits per heavy atom. The number of hydrogen-bond acceptors (Lipinski definition) is 10. The molecule has 0 radical (unpaired) electrons. The molecule has 2 aromatic rings. The van der Waals surface area contributed by atoms with Gasteiger partial charge in [0.2, 0.25) is 5.91 Å². The van der Waals surface area contributed by atoms with Crippen molar-refractivity contribution in [2.24, 2.45) is 5.92 Å². The first kappa shape index (κ1) is 20.3. The minimum absolute atomic E-state index is 0.0192. The minimum Gasteiger partial charge on any atom is -0.489 e. The fourth-order valence-electron chi connectivity index (χ4n) is 2.64. The lowest BCUT2D eigenvalue weighted by Crippen LogP contribution is -2.23. The molecule has 1 aliphatic rings. The molecule has 2 amide bonds. The standard InChI is InChI=1S/C20H26N6O6S/c1-11(31-3)10-32-13-7-15(33(4,29)30)18(22-9-13)23-14-8-16(24-19(27)12-5-6-12)25-26-17(14)20(28)21-2/h7-9,11-12H,5-6,10H2,1-4H3,(H,21,28)(H2,22,23,24,25,27)/t11-/m1/s1/i2D3. The van der Waals surface area contributed by atoms with Gasteiger partial charge in [0.15, 0.2) is 21.3 Å². The van der Waals surface area contributed by atoms with Gasteiger partial charge in [0.05, 0.1) is 18.0 Å². The van der Waals surface area contributed by atoms with E-state index in [-0.39, 0.29) is 52.5 Å². The van der Waals surface area contributed by atoms with E-state index in [0.29, 0.717) is 0 Å². The van der Waals surface area contributed by atoms with E-state index in [1.54, 1.807) is 12.2 Å². The van der Waals surface area contributed by atoms with E-state index in [2.05, 4.69) is 25.8 Å². The Labute approximate surface area is 195 Å². The molecule has 0 saturated heterocycles. The van der Waals surface area contributed by atoms with Crippen molar-refractivity contribution < 1.29 is 31.6 Å². The van der Waals surface area contributed by atoms with Crippen LogP contribution in [0.2, 0.25) is 0 Å². The van der Waals surface area contributed by atoms with Gasteiger partial charge in [-0.05, 0) is 19.8 Å². The molecular weight excluding hydrogens is 452 g/mol. The van der Waals surface area contributed by atoms with E-state index in [9.17, 15) is 18.0 Å².